The summed E-state index contributed by atoms with van der Waals surface area (Å²) in [7, 11) is 0. The van der Waals surface area contributed by atoms with Crippen LogP contribution in [-0.4, -0.2) is 24.0 Å². The molecule has 0 bridgehead atoms. The van der Waals surface area contributed by atoms with Gasteiger partial charge >= 0.3 is 5.97 Å². The molecule has 0 radical (unpaired) electrons. The number of non-ortho nitro benzene ring substituents is 1. The van der Waals surface area contributed by atoms with E-state index in [0.29, 0.717) is 22.6 Å². The first-order valence-corrected chi connectivity index (χ1v) is 9.70. The number of hydrogen-bond donors (Lipinski definition) is 1. The molecule has 0 unspecified atom stereocenters. The molecule has 7 nitrogen and oxygen atoms in total. The van der Waals surface area contributed by atoms with Gasteiger partial charge in [0, 0.05) is 35.8 Å². The summed E-state index contributed by atoms with van der Waals surface area (Å²) in [4.78, 5) is 23.7. The maximum atomic E-state index is 12.8. The molecule has 1 atom stereocenters. The topological polar surface area (TPSA) is 90.7 Å². The number of benzene rings is 2. The van der Waals surface area contributed by atoms with Gasteiger partial charge in [0.15, 0.2) is 0 Å². The number of fused-ring (bicyclic) bond motifs is 2. The number of nitro benzene ring substituents is 1. The lowest BCUT2D eigenvalue weighted by Crippen LogP contribution is -2.23. The van der Waals surface area contributed by atoms with Crippen LogP contribution < -0.4 is 10.1 Å². The number of rotatable bonds is 4. The van der Waals surface area contributed by atoms with E-state index in [2.05, 4.69) is 11.4 Å². The van der Waals surface area contributed by atoms with Gasteiger partial charge in [-0.25, -0.2) is 4.79 Å². The number of ether oxygens (including phenoxy) is 2. The molecule has 1 N–H and O–H groups in total. The first-order valence-electron chi connectivity index (χ1n) is 9.70. The number of carbonyl (C=O) groups excluding carboxylic acids is 1. The molecule has 0 amide bonds. The summed E-state index contributed by atoms with van der Waals surface area (Å²) in [5.74, 6) is 0.000529. The quantitative estimate of drug-likeness (QED) is 0.472. The van der Waals surface area contributed by atoms with Gasteiger partial charge in [0.1, 0.15) is 11.5 Å². The number of nitrogens with zero attached hydrogens (tertiary/aromatic N) is 1. The smallest absolute Gasteiger partial charge is 0.338 e. The second kappa shape index (κ2) is 7.58. The second-order valence-corrected chi connectivity index (χ2v) is 7.15. The van der Waals surface area contributed by atoms with Crippen LogP contribution in [0.2, 0.25) is 0 Å². The highest BCUT2D eigenvalue weighted by molar-refractivity contribution is 5.93. The molecule has 150 valence electrons. The van der Waals surface area contributed by atoms with E-state index >= 15 is 0 Å². The van der Waals surface area contributed by atoms with E-state index in [-0.39, 0.29) is 12.3 Å². The zero-order valence-electron chi connectivity index (χ0n) is 16.4. The summed E-state index contributed by atoms with van der Waals surface area (Å²) in [6, 6.07) is 10.5. The number of aryl methyl sites for hydroxylation is 1. The lowest BCUT2D eigenvalue weighted by Gasteiger charge is -2.30. The molecule has 0 saturated heterocycles. The van der Waals surface area contributed by atoms with E-state index in [1.165, 1.54) is 17.7 Å². The Kier molecular flexibility index (Phi) is 4.96. The largest absolute Gasteiger partial charge is 0.463 e. The van der Waals surface area contributed by atoms with Crippen molar-refractivity contribution in [1.82, 2.24) is 0 Å². The van der Waals surface area contributed by atoms with Crippen molar-refractivity contribution in [2.75, 3.05) is 18.5 Å². The van der Waals surface area contributed by atoms with Crippen molar-refractivity contribution in [3.8, 4) is 5.75 Å². The molecule has 0 saturated carbocycles. The summed E-state index contributed by atoms with van der Waals surface area (Å²) < 4.78 is 11.1. The fourth-order valence-electron chi connectivity index (χ4n) is 4.04. The number of allylic oxidation sites excluding steroid dienone is 1. The summed E-state index contributed by atoms with van der Waals surface area (Å²) >= 11 is 0. The standard InChI is InChI=1S/C22H22N2O5/c1-3-28-22(25)20-13(2)29-19-9-7-16(24(26)27)12-17(19)21(20)15-6-8-18-14(11-15)5-4-10-23-18/h6-9,11-12,21,23H,3-5,10H2,1-2H3/t21-/m1/s1. The Bertz CT molecular complexity index is 1030. The van der Waals surface area contributed by atoms with E-state index in [0.717, 1.165) is 30.6 Å². The Morgan fingerprint density at radius 1 is 1.31 bits per heavy atom. The van der Waals surface area contributed by atoms with Crippen molar-refractivity contribution in [1.29, 1.82) is 0 Å². The van der Waals surface area contributed by atoms with Gasteiger partial charge in [0.2, 0.25) is 0 Å². The molecular weight excluding hydrogens is 372 g/mol. The van der Waals surface area contributed by atoms with Gasteiger partial charge in [-0.15, -0.1) is 0 Å². The monoisotopic (exact) mass is 394 g/mol. The molecule has 0 fully saturated rings. The Hall–Kier alpha value is -3.35. The van der Waals surface area contributed by atoms with Gasteiger partial charge in [-0.2, -0.15) is 0 Å². The molecule has 0 spiro atoms. The normalized spacial score (nSPS) is 17.5. The van der Waals surface area contributed by atoms with Crippen LogP contribution in [0.25, 0.3) is 0 Å². The minimum Gasteiger partial charge on any atom is -0.463 e. The van der Waals surface area contributed by atoms with Crippen LogP contribution in [0.15, 0.2) is 47.7 Å². The zero-order valence-corrected chi connectivity index (χ0v) is 16.4. The highest BCUT2D eigenvalue weighted by Crippen LogP contribution is 2.45. The van der Waals surface area contributed by atoms with E-state index in [1.807, 2.05) is 12.1 Å². The predicted molar refractivity (Wildman–Crippen MR) is 108 cm³/mol. The Morgan fingerprint density at radius 2 is 2.14 bits per heavy atom. The number of anilines is 1. The average Bonchev–Trinajstić information content (AvgIpc) is 2.72. The van der Waals surface area contributed by atoms with Crippen molar-refractivity contribution in [2.45, 2.75) is 32.6 Å². The minimum absolute atomic E-state index is 0.0419. The van der Waals surface area contributed by atoms with E-state index in [9.17, 15) is 14.9 Å². The molecule has 29 heavy (non-hydrogen) atoms. The molecule has 0 aromatic heterocycles. The molecule has 0 aliphatic carbocycles. The zero-order chi connectivity index (χ0) is 20.5. The van der Waals surface area contributed by atoms with Crippen molar-refractivity contribution >= 4 is 17.3 Å². The molecule has 2 heterocycles. The van der Waals surface area contributed by atoms with Crippen molar-refractivity contribution in [2.24, 2.45) is 0 Å². The summed E-state index contributed by atoms with van der Waals surface area (Å²) in [6.45, 7) is 4.64. The molecule has 2 aliphatic heterocycles. The fourth-order valence-corrected chi connectivity index (χ4v) is 4.04. The molecule has 4 rings (SSSR count). The number of esters is 1. The maximum absolute atomic E-state index is 12.8. The maximum Gasteiger partial charge on any atom is 0.338 e. The molecule has 7 heteroatoms. The predicted octanol–water partition coefficient (Wildman–Crippen LogP) is 4.31. The molecular formula is C22H22N2O5. The van der Waals surface area contributed by atoms with Gasteiger partial charge in [0.05, 0.1) is 17.1 Å². The molecule has 2 aromatic carbocycles. The van der Waals surface area contributed by atoms with Crippen molar-refractivity contribution in [3.63, 3.8) is 0 Å². The van der Waals surface area contributed by atoms with Gasteiger partial charge < -0.3 is 14.8 Å². The fraction of sp³-hybridized carbons (Fsp3) is 0.318. The first-order chi connectivity index (χ1) is 14.0. The van der Waals surface area contributed by atoms with E-state index in [1.54, 1.807) is 19.9 Å². The summed E-state index contributed by atoms with van der Waals surface area (Å²) in [6.07, 6.45) is 1.98. The minimum atomic E-state index is -0.495. The summed E-state index contributed by atoms with van der Waals surface area (Å²) in [5, 5.41) is 14.7. The third kappa shape index (κ3) is 3.44. The highest BCUT2D eigenvalue weighted by Gasteiger charge is 2.36. The van der Waals surface area contributed by atoms with Gasteiger partial charge in [-0.05, 0) is 49.9 Å². The van der Waals surface area contributed by atoms with Crippen molar-refractivity contribution < 1.29 is 19.2 Å². The Morgan fingerprint density at radius 3 is 2.90 bits per heavy atom. The Balaban J connectivity index is 1.90. The van der Waals surface area contributed by atoms with E-state index < -0.39 is 16.8 Å². The van der Waals surface area contributed by atoms with Crippen LogP contribution in [0.4, 0.5) is 11.4 Å². The SMILES string of the molecule is CCOC(=O)C1=C(C)Oc2ccc([N+](=O)[O-])cc2[C@H]1c1ccc2c(c1)CCCN2. The number of nitro groups is 1. The third-order valence-electron chi connectivity index (χ3n) is 5.34. The second-order valence-electron chi connectivity index (χ2n) is 7.15. The summed E-state index contributed by atoms with van der Waals surface area (Å²) in [5.41, 5.74) is 4.08. The van der Waals surface area contributed by atoms with Crippen LogP contribution in [-0.2, 0) is 16.0 Å². The van der Waals surface area contributed by atoms with Gasteiger partial charge in [-0.3, -0.25) is 10.1 Å². The number of carbonyl (C=O) groups is 1. The number of nitrogens with one attached hydrogen (secondary N) is 1. The van der Waals surface area contributed by atoms with Crippen LogP contribution in [0, 0.1) is 10.1 Å². The first kappa shape index (κ1) is 19.0. The van der Waals surface area contributed by atoms with Crippen molar-refractivity contribution in [3.05, 3.63) is 74.5 Å². The van der Waals surface area contributed by atoms with Gasteiger partial charge in [-0.1, -0.05) is 12.1 Å². The van der Waals surface area contributed by atoms with Crippen LogP contribution in [0.1, 0.15) is 42.9 Å². The Labute approximate surface area is 168 Å². The van der Waals surface area contributed by atoms with E-state index in [4.69, 9.17) is 9.47 Å². The van der Waals surface area contributed by atoms with Crippen LogP contribution in [0.3, 0.4) is 0 Å². The number of hydrogen-bond acceptors (Lipinski definition) is 6. The van der Waals surface area contributed by atoms with Crippen LogP contribution in [0.5, 0.6) is 5.75 Å². The van der Waals surface area contributed by atoms with Gasteiger partial charge in [0.25, 0.3) is 5.69 Å². The third-order valence-corrected chi connectivity index (χ3v) is 5.34. The lowest BCUT2D eigenvalue weighted by atomic mass is 9.81. The molecule has 2 aliphatic rings. The lowest BCUT2D eigenvalue weighted by molar-refractivity contribution is -0.384. The highest BCUT2D eigenvalue weighted by atomic mass is 16.6. The average molecular weight is 394 g/mol. The van der Waals surface area contributed by atoms with Crippen LogP contribution >= 0.6 is 0 Å². The molecule has 2 aromatic rings.